The summed E-state index contributed by atoms with van der Waals surface area (Å²) < 4.78 is 5.38. The number of carbonyl (C=O) groups excluding carboxylic acids is 1. The molecule has 0 aliphatic rings. The lowest BCUT2D eigenvalue weighted by Crippen LogP contribution is -2.05. The first-order chi connectivity index (χ1) is 16.8. The van der Waals surface area contributed by atoms with E-state index in [9.17, 15) is 4.79 Å². The average Bonchev–Trinajstić information content (AvgIpc) is 2.84. The van der Waals surface area contributed by atoms with E-state index in [2.05, 4.69) is 26.0 Å². The summed E-state index contributed by atoms with van der Waals surface area (Å²) in [6.45, 7) is 5.17. The third-order valence-electron chi connectivity index (χ3n) is 6.90. The number of carbonyl (C=O) groups is 1. The van der Waals surface area contributed by atoms with Crippen molar-refractivity contribution >= 4 is 5.97 Å². The zero-order valence-electron chi connectivity index (χ0n) is 23.6. The Morgan fingerprint density at radius 1 is 0.471 bits per heavy atom. The predicted molar refractivity (Wildman–Crippen MR) is 151 cm³/mol. The maximum Gasteiger partial charge on any atom is 0.305 e. The number of ether oxygens (including phenoxy) is 1. The maximum atomic E-state index is 11.8. The molecule has 0 aromatic carbocycles. The first kappa shape index (κ1) is 33.2. The van der Waals surface area contributed by atoms with Gasteiger partial charge in [-0.05, 0) is 38.5 Å². The molecule has 0 aliphatic carbocycles. The molecule has 0 N–H and O–H groups in total. The molecule has 0 atom stereocenters. The van der Waals surface area contributed by atoms with E-state index >= 15 is 0 Å². The van der Waals surface area contributed by atoms with Crippen LogP contribution in [-0.2, 0) is 9.53 Å². The van der Waals surface area contributed by atoms with Crippen LogP contribution in [0.4, 0.5) is 0 Å². The number of rotatable bonds is 28. The second-order valence-corrected chi connectivity index (χ2v) is 10.4. The van der Waals surface area contributed by atoms with Gasteiger partial charge in [0, 0.05) is 6.42 Å². The fraction of sp³-hybridized carbons (Fsp3) is 0.906. The van der Waals surface area contributed by atoms with Crippen LogP contribution >= 0.6 is 0 Å². The van der Waals surface area contributed by atoms with Gasteiger partial charge in [-0.15, -0.1) is 0 Å². The van der Waals surface area contributed by atoms with E-state index in [0.717, 1.165) is 12.8 Å². The molecular weight excluding hydrogens is 416 g/mol. The van der Waals surface area contributed by atoms with Crippen LogP contribution in [0.25, 0.3) is 0 Å². The Hall–Kier alpha value is -0.790. The molecule has 0 fully saturated rings. The summed E-state index contributed by atoms with van der Waals surface area (Å²) in [7, 11) is 0. The average molecular weight is 479 g/mol. The van der Waals surface area contributed by atoms with Crippen molar-refractivity contribution in [1.82, 2.24) is 0 Å². The van der Waals surface area contributed by atoms with Crippen LogP contribution in [-0.4, -0.2) is 12.6 Å². The number of unbranched alkanes of at least 4 members (excludes halogenated alkanes) is 22. The summed E-state index contributed by atoms with van der Waals surface area (Å²) in [5, 5.41) is 0. The Bertz CT molecular complexity index is 415. The van der Waals surface area contributed by atoms with Crippen molar-refractivity contribution in [1.29, 1.82) is 0 Å². The highest BCUT2D eigenvalue weighted by Crippen LogP contribution is 2.13. The minimum atomic E-state index is 0.0176. The maximum absolute atomic E-state index is 11.8. The minimum absolute atomic E-state index is 0.0176. The first-order valence-electron chi connectivity index (χ1n) is 15.6. The van der Waals surface area contributed by atoms with Crippen molar-refractivity contribution < 1.29 is 9.53 Å². The molecule has 34 heavy (non-hydrogen) atoms. The van der Waals surface area contributed by atoms with Gasteiger partial charge in [0.2, 0.25) is 0 Å². The molecule has 0 rings (SSSR count). The Labute approximate surface area is 215 Å². The highest BCUT2D eigenvalue weighted by Gasteiger charge is 2.02. The lowest BCUT2D eigenvalue weighted by molar-refractivity contribution is -0.143. The fourth-order valence-corrected chi connectivity index (χ4v) is 4.54. The molecule has 0 unspecified atom stereocenters. The molecular formula is C32H62O2. The Balaban J connectivity index is 3.17. The van der Waals surface area contributed by atoms with Gasteiger partial charge >= 0.3 is 5.97 Å². The zero-order chi connectivity index (χ0) is 24.8. The highest BCUT2D eigenvalue weighted by molar-refractivity contribution is 5.69. The number of hydrogen-bond acceptors (Lipinski definition) is 2. The van der Waals surface area contributed by atoms with Crippen molar-refractivity contribution in [2.75, 3.05) is 6.61 Å². The van der Waals surface area contributed by atoms with Gasteiger partial charge in [-0.2, -0.15) is 0 Å². The largest absolute Gasteiger partial charge is 0.466 e. The molecule has 202 valence electrons. The summed E-state index contributed by atoms with van der Waals surface area (Å²) in [5.41, 5.74) is 0. The smallest absolute Gasteiger partial charge is 0.305 e. The van der Waals surface area contributed by atoms with Crippen molar-refractivity contribution in [2.45, 2.75) is 181 Å². The van der Waals surface area contributed by atoms with Crippen molar-refractivity contribution in [3.63, 3.8) is 0 Å². The topological polar surface area (TPSA) is 26.3 Å². The van der Waals surface area contributed by atoms with E-state index in [1.807, 2.05) is 0 Å². The van der Waals surface area contributed by atoms with Crippen LogP contribution in [0.15, 0.2) is 12.2 Å². The molecule has 0 aliphatic heterocycles. The second kappa shape index (κ2) is 30.2. The molecule has 0 bridgehead atoms. The van der Waals surface area contributed by atoms with Crippen molar-refractivity contribution in [3.05, 3.63) is 12.2 Å². The molecule has 0 spiro atoms. The number of allylic oxidation sites excluding steroid dienone is 2. The van der Waals surface area contributed by atoms with Crippen LogP contribution in [0, 0.1) is 0 Å². The van der Waals surface area contributed by atoms with Gasteiger partial charge in [-0.25, -0.2) is 0 Å². The van der Waals surface area contributed by atoms with E-state index in [1.54, 1.807) is 0 Å². The summed E-state index contributed by atoms with van der Waals surface area (Å²) >= 11 is 0. The highest BCUT2D eigenvalue weighted by atomic mass is 16.5. The van der Waals surface area contributed by atoms with Gasteiger partial charge in [0.15, 0.2) is 0 Å². The third-order valence-corrected chi connectivity index (χ3v) is 6.90. The van der Waals surface area contributed by atoms with E-state index in [1.165, 1.54) is 148 Å². The van der Waals surface area contributed by atoms with E-state index < -0.39 is 0 Å². The molecule has 0 saturated carbocycles. The lowest BCUT2D eigenvalue weighted by Gasteiger charge is -2.05. The molecule has 0 heterocycles. The quantitative estimate of drug-likeness (QED) is 0.0634. The first-order valence-corrected chi connectivity index (χ1v) is 15.6. The van der Waals surface area contributed by atoms with Gasteiger partial charge in [0.25, 0.3) is 0 Å². The lowest BCUT2D eigenvalue weighted by atomic mass is 10.1. The fourth-order valence-electron chi connectivity index (χ4n) is 4.54. The molecule has 0 aromatic rings. The molecule has 0 radical (unpaired) electrons. The zero-order valence-corrected chi connectivity index (χ0v) is 23.6. The summed E-state index contributed by atoms with van der Waals surface area (Å²) in [5.74, 6) is 0.0176. The summed E-state index contributed by atoms with van der Waals surface area (Å²) in [6, 6.07) is 0. The monoisotopic (exact) mass is 478 g/mol. The molecule has 2 nitrogen and oxygen atoms in total. The normalized spacial score (nSPS) is 11.5. The van der Waals surface area contributed by atoms with Crippen LogP contribution in [0.3, 0.4) is 0 Å². The van der Waals surface area contributed by atoms with Crippen LogP contribution < -0.4 is 0 Å². The Kier molecular flexibility index (Phi) is 29.5. The molecule has 0 amide bonds. The molecule has 2 heteroatoms. The van der Waals surface area contributed by atoms with Gasteiger partial charge < -0.3 is 4.74 Å². The standard InChI is InChI=1S/C32H62O2/c1-3-5-7-9-11-13-14-15-16-17-18-19-20-21-22-23-24-26-28-30-32(33)34-31-29-27-25-12-10-8-6-4-2/h15-16H,3-14,17-31H2,1-2H3. The van der Waals surface area contributed by atoms with Gasteiger partial charge in [-0.1, -0.05) is 148 Å². The number of esters is 1. The van der Waals surface area contributed by atoms with Crippen LogP contribution in [0.2, 0.25) is 0 Å². The SMILES string of the molecule is CCCCCCCCC=CCCCCCCCCCCCC(=O)OCCCCCCCCCC. The summed E-state index contributed by atoms with van der Waals surface area (Å²) in [4.78, 5) is 11.8. The van der Waals surface area contributed by atoms with E-state index in [4.69, 9.17) is 4.74 Å². The van der Waals surface area contributed by atoms with Gasteiger partial charge in [0.1, 0.15) is 0 Å². The minimum Gasteiger partial charge on any atom is -0.466 e. The summed E-state index contributed by atoms with van der Waals surface area (Å²) in [6.07, 6.45) is 38.3. The van der Waals surface area contributed by atoms with E-state index in [0.29, 0.717) is 13.0 Å². The Morgan fingerprint density at radius 3 is 1.26 bits per heavy atom. The second-order valence-electron chi connectivity index (χ2n) is 10.4. The third kappa shape index (κ3) is 29.2. The van der Waals surface area contributed by atoms with Gasteiger partial charge in [0.05, 0.1) is 6.61 Å². The van der Waals surface area contributed by atoms with Crippen LogP contribution in [0.1, 0.15) is 181 Å². The van der Waals surface area contributed by atoms with Crippen molar-refractivity contribution in [2.24, 2.45) is 0 Å². The van der Waals surface area contributed by atoms with E-state index in [-0.39, 0.29) is 5.97 Å². The Morgan fingerprint density at radius 2 is 0.824 bits per heavy atom. The number of hydrogen-bond donors (Lipinski definition) is 0. The molecule has 0 aromatic heterocycles. The van der Waals surface area contributed by atoms with Crippen LogP contribution in [0.5, 0.6) is 0 Å². The molecule has 0 saturated heterocycles. The van der Waals surface area contributed by atoms with Gasteiger partial charge in [-0.3, -0.25) is 4.79 Å². The van der Waals surface area contributed by atoms with Crippen molar-refractivity contribution in [3.8, 4) is 0 Å². The predicted octanol–water partition coefficient (Wildman–Crippen LogP) is 11.3.